The number of halogens is 1. The minimum absolute atomic E-state index is 0.00630. The maximum atomic E-state index is 11.8. The molecular weight excluding hydrogens is 276 g/mol. The molecule has 0 aromatic carbocycles. The van der Waals surface area contributed by atoms with Gasteiger partial charge < -0.3 is 10.3 Å². The zero-order valence-electron chi connectivity index (χ0n) is 8.25. The minimum Gasteiger partial charge on any atom is -0.356 e. The molecule has 1 aliphatic heterocycles. The van der Waals surface area contributed by atoms with Gasteiger partial charge in [0.15, 0.2) is 0 Å². The largest absolute Gasteiger partial charge is 0.356 e. The van der Waals surface area contributed by atoms with Crippen molar-refractivity contribution in [3.63, 3.8) is 0 Å². The SMILES string of the molecule is O=C(NC1CCCSC1)c1cc(Br)c[nH]1. The number of aromatic nitrogens is 1. The van der Waals surface area contributed by atoms with E-state index >= 15 is 0 Å². The van der Waals surface area contributed by atoms with Gasteiger partial charge in [-0.05, 0) is 40.6 Å². The summed E-state index contributed by atoms with van der Waals surface area (Å²) in [6, 6.07) is 2.13. The Labute approximate surface area is 102 Å². The highest BCUT2D eigenvalue weighted by Gasteiger charge is 2.17. The van der Waals surface area contributed by atoms with Crippen LogP contribution in [0.4, 0.5) is 0 Å². The second kappa shape index (κ2) is 5.07. The van der Waals surface area contributed by atoms with Crippen molar-refractivity contribution in [1.29, 1.82) is 0 Å². The molecule has 0 radical (unpaired) electrons. The number of amides is 1. The summed E-state index contributed by atoms with van der Waals surface area (Å²) in [5.74, 6) is 2.25. The summed E-state index contributed by atoms with van der Waals surface area (Å²) in [5.41, 5.74) is 0.623. The van der Waals surface area contributed by atoms with Crippen molar-refractivity contribution >= 4 is 33.6 Å². The molecule has 1 aromatic heterocycles. The van der Waals surface area contributed by atoms with Crippen molar-refractivity contribution < 1.29 is 4.79 Å². The first-order chi connectivity index (χ1) is 7.25. The molecule has 0 bridgehead atoms. The van der Waals surface area contributed by atoms with Crippen LogP contribution in [0.15, 0.2) is 16.7 Å². The zero-order valence-corrected chi connectivity index (χ0v) is 10.7. The monoisotopic (exact) mass is 288 g/mol. The number of hydrogen-bond acceptors (Lipinski definition) is 2. The molecule has 1 aromatic rings. The van der Waals surface area contributed by atoms with E-state index < -0.39 is 0 Å². The maximum absolute atomic E-state index is 11.8. The lowest BCUT2D eigenvalue weighted by molar-refractivity contribution is 0.0934. The lowest BCUT2D eigenvalue weighted by Crippen LogP contribution is -2.38. The van der Waals surface area contributed by atoms with Gasteiger partial charge in [0, 0.05) is 22.5 Å². The van der Waals surface area contributed by atoms with Gasteiger partial charge in [0.05, 0.1) is 0 Å². The number of aromatic amines is 1. The van der Waals surface area contributed by atoms with Gasteiger partial charge in [-0.1, -0.05) is 0 Å². The number of H-pyrrole nitrogens is 1. The molecule has 1 unspecified atom stereocenters. The lowest BCUT2D eigenvalue weighted by atomic mass is 10.2. The number of rotatable bonds is 2. The van der Waals surface area contributed by atoms with E-state index in [0.29, 0.717) is 11.7 Å². The molecular formula is C10H13BrN2OS. The third kappa shape index (κ3) is 3.01. The van der Waals surface area contributed by atoms with Crippen molar-refractivity contribution in [2.75, 3.05) is 11.5 Å². The van der Waals surface area contributed by atoms with Gasteiger partial charge in [-0.25, -0.2) is 0 Å². The summed E-state index contributed by atoms with van der Waals surface area (Å²) in [6.07, 6.45) is 4.06. The Morgan fingerprint density at radius 3 is 3.13 bits per heavy atom. The van der Waals surface area contributed by atoms with E-state index in [4.69, 9.17) is 0 Å². The highest BCUT2D eigenvalue weighted by Crippen LogP contribution is 2.17. The predicted octanol–water partition coefficient (Wildman–Crippen LogP) is 2.40. The summed E-state index contributed by atoms with van der Waals surface area (Å²) in [4.78, 5) is 14.7. The molecule has 0 spiro atoms. The van der Waals surface area contributed by atoms with Gasteiger partial charge in [0.1, 0.15) is 5.69 Å². The fraction of sp³-hybridized carbons (Fsp3) is 0.500. The molecule has 1 saturated heterocycles. The van der Waals surface area contributed by atoms with Gasteiger partial charge in [-0.2, -0.15) is 11.8 Å². The van der Waals surface area contributed by atoms with Crippen LogP contribution >= 0.6 is 27.7 Å². The normalized spacial score (nSPS) is 21.3. The molecule has 15 heavy (non-hydrogen) atoms. The standard InChI is InChI=1S/C10H13BrN2OS/c11-7-4-9(12-5-7)10(14)13-8-2-1-3-15-6-8/h4-5,8,12H,1-3,6H2,(H,13,14). The summed E-state index contributed by atoms with van der Waals surface area (Å²) in [6.45, 7) is 0. The number of carbonyl (C=O) groups is 1. The van der Waals surface area contributed by atoms with Crippen LogP contribution in [0.1, 0.15) is 23.3 Å². The second-order valence-corrected chi connectivity index (χ2v) is 5.68. The Morgan fingerprint density at radius 1 is 1.67 bits per heavy atom. The van der Waals surface area contributed by atoms with Crippen molar-refractivity contribution in [2.45, 2.75) is 18.9 Å². The molecule has 5 heteroatoms. The first-order valence-electron chi connectivity index (χ1n) is 4.98. The van der Waals surface area contributed by atoms with Crippen molar-refractivity contribution in [3.05, 3.63) is 22.4 Å². The van der Waals surface area contributed by atoms with Crippen LogP contribution in [0.5, 0.6) is 0 Å². The molecule has 1 fully saturated rings. The maximum Gasteiger partial charge on any atom is 0.267 e. The quantitative estimate of drug-likeness (QED) is 0.878. The Morgan fingerprint density at radius 2 is 2.53 bits per heavy atom. The first-order valence-corrected chi connectivity index (χ1v) is 6.93. The molecule has 82 valence electrons. The van der Waals surface area contributed by atoms with E-state index in [1.54, 1.807) is 12.3 Å². The third-order valence-electron chi connectivity index (χ3n) is 2.39. The first kappa shape index (κ1) is 11.1. The summed E-state index contributed by atoms with van der Waals surface area (Å²) in [7, 11) is 0. The van der Waals surface area contributed by atoms with Crippen LogP contribution in [-0.2, 0) is 0 Å². The van der Waals surface area contributed by atoms with E-state index in [9.17, 15) is 4.79 Å². The molecule has 3 nitrogen and oxygen atoms in total. The molecule has 1 amide bonds. The summed E-state index contributed by atoms with van der Waals surface area (Å²) in [5, 5.41) is 3.04. The van der Waals surface area contributed by atoms with Crippen molar-refractivity contribution in [3.8, 4) is 0 Å². The predicted molar refractivity (Wildman–Crippen MR) is 66.3 cm³/mol. The Bertz CT molecular complexity index is 347. The third-order valence-corrected chi connectivity index (χ3v) is 4.06. The lowest BCUT2D eigenvalue weighted by Gasteiger charge is -2.22. The minimum atomic E-state index is -0.00630. The van der Waals surface area contributed by atoms with Gasteiger partial charge in [-0.15, -0.1) is 0 Å². The van der Waals surface area contributed by atoms with Crippen LogP contribution in [0.25, 0.3) is 0 Å². The fourth-order valence-electron chi connectivity index (χ4n) is 1.62. The Hall–Kier alpha value is -0.420. The number of thioether (sulfide) groups is 1. The van der Waals surface area contributed by atoms with E-state index in [0.717, 1.165) is 16.6 Å². The highest BCUT2D eigenvalue weighted by molar-refractivity contribution is 9.10. The number of hydrogen-bond donors (Lipinski definition) is 2. The number of carbonyl (C=O) groups excluding carboxylic acids is 1. The average molecular weight is 289 g/mol. The van der Waals surface area contributed by atoms with E-state index in [1.807, 2.05) is 11.8 Å². The van der Waals surface area contributed by atoms with E-state index in [1.165, 1.54) is 12.2 Å². The molecule has 0 saturated carbocycles. The van der Waals surface area contributed by atoms with Gasteiger partial charge >= 0.3 is 0 Å². The number of nitrogens with one attached hydrogen (secondary N) is 2. The van der Waals surface area contributed by atoms with Gasteiger partial charge in [0.2, 0.25) is 0 Å². The molecule has 2 rings (SSSR count). The molecule has 2 heterocycles. The Balaban J connectivity index is 1.91. The second-order valence-electron chi connectivity index (χ2n) is 3.62. The topological polar surface area (TPSA) is 44.9 Å². The van der Waals surface area contributed by atoms with Crippen molar-refractivity contribution in [1.82, 2.24) is 10.3 Å². The zero-order chi connectivity index (χ0) is 10.7. The van der Waals surface area contributed by atoms with Crippen molar-refractivity contribution in [2.24, 2.45) is 0 Å². The molecule has 0 aliphatic carbocycles. The molecule has 1 aliphatic rings. The summed E-state index contributed by atoms with van der Waals surface area (Å²) < 4.78 is 0.908. The van der Waals surface area contributed by atoms with E-state index in [2.05, 4.69) is 26.2 Å². The van der Waals surface area contributed by atoms with Gasteiger partial charge in [0.25, 0.3) is 5.91 Å². The average Bonchev–Trinajstić information content (AvgIpc) is 2.66. The molecule has 2 N–H and O–H groups in total. The van der Waals surface area contributed by atoms with Gasteiger partial charge in [-0.3, -0.25) is 4.79 Å². The van der Waals surface area contributed by atoms with E-state index in [-0.39, 0.29) is 5.91 Å². The van der Waals surface area contributed by atoms with Crippen LogP contribution in [0, 0.1) is 0 Å². The summed E-state index contributed by atoms with van der Waals surface area (Å²) >= 11 is 5.22. The van der Waals surface area contributed by atoms with Crippen LogP contribution < -0.4 is 5.32 Å². The Kier molecular flexibility index (Phi) is 3.75. The molecule has 1 atom stereocenters. The van der Waals surface area contributed by atoms with Crippen LogP contribution in [-0.4, -0.2) is 28.4 Å². The van der Waals surface area contributed by atoms with Crippen LogP contribution in [0.2, 0.25) is 0 Å². The smallest absolute Gasteiger partial charge is 0.267 e. The fourth-order valence-corrected chi connectivity index (χ4v) is 3.03. The highest BCUT2D eigenvalue weighted by atomic mass is 79.9. The van der Waals surface area contributed by atoms with Crippen LogP contribution in [0.3, 0.4) is 0 Å².